The molecule has 0 saturated heterocycles. The predicted octanol–water partition coefficient (Wildman–Crippen LogP) is 1.86. The maximum Gasteiger partial charge on any atom is 0.0492 e. The van der Waals surface area contributed by atoms with E-state index >= 15 is 0 Å². The molecule has 0 N–H and O–H groups in total. The number of hydrogen-bond donors (Lipinski definition) is 0. The van der Waals surface area contributed by atoms with Crippen molar-refractivity contribution < 1.29 is 0 Å². The zero-order chi connectivity index (χ0) is 7.68. The van der Waals surface area contributed by atoms with Gasteiger partial charge in [0, 0.05) is 18.4 Å². The van der Waals surface area contributed by atoms with Crippen molar-refractivity contribution in [2.24, 2.45) is 5.92 Å². The van der Waals surface area contributed by atoms with Gasteiger partial charge in [0.2, 0.25) is 0 Å². The van der Waals surface area contributed by atoms with Crippen LogP contribution in [0.3, 0.4) is 0 Å². The first-order valence-corrected chi connectivity index (χ1v) is 4.41. The summed E-state index contributed by atoms with van der Waals surface area (Å²) in [6.07, 6.45) is 5.76. The van der Waals surface area contributed by atoms with E-state index in [0.29, 0.717) is 0 Å². The van der Waals surface area contributed by atoms with E-state index in [4.69, 9.17) is 0 Å². The van der Waals surface area contributed by atoms with Crippen molar-refractivity contribution in [1.29, 1.82) is 0 Å². The van der Waals surface area contributed by atoms with Crippen molar-refractivity contribution in [2.75, 3.05) is 0 Å². The van der Waals surface area contributed by atoms with Crippen LogP contribution in [0.1, 0.15) is 25.5 Å². The van der Waals surface area contributed by atoms with Crippen molar-refractivity contribution in [1.82, 2.24) is 9.78 Å². The summed E-state index contributed by atoms with van der Waals surface area (Å²) in [7, 11) is 0. The average molecular weight is 150 g/mol. The van der Waals surface area contributed by atoms with Gasteiger partial charge >= 0.3 is 0 Å². The lowest BCUT2D eigenvalue weighted by Gasteiger charge is -2.21. The molecule has 0 aromatic carbocycles. The summed E-state index contributed by atoms with van der Waals surface area (Å²) in [5, 5.41) is 4.24. The third-order valence-corrected chi connectivity index (χ3v) is 2.63. The Balaban J connectivity index is 2.18. The van der Waals surface area contributed by atoms with Crippen LogP contribution in [-0.2, 0) is 13.0 Å². The maximum absolute atomic E-state index is 4.24. The van der Waals surface area contributed by atoms with E-state index < -0.39 is 0 Å². The molecule has 2 heteroatoms. The summed E-state index contributed by atoms with van der Waals surface area (Å²) in [6.45, 7) is 3.40. The number of aromatic nitrogens is 2. The van der Waals surface area contributed by atoms with Gasteiger partial charge in [0.15, 0.2) is 0 Å². The molecule has 0 radical (unpaired) electrons. The second-order valence-corrected chi connectivity index (χ2v) is 3.31. The Bertz CT molecular complexity index is 239. The molecule has 1 atom stereocenters. The van der Waals surface area contributed by atoms with E-state index in [1.54, 1.807) is 0 Å². The molecule has 0 aliphatic carbocycles. The fraction of sp³-hybridized carbons (Fsp3) is 0.667. The first kappa shape index (κ1) is 6.89. The number of fused-ring (bicyclic) bond motifs is 1. The maximum atomic E-state index is 4.24. The lowest BCUT2D eigenvalue weighted by atomic mass is 9.94. The van der Waals surface area contributed by atoms with Crippen molar-refractivity contribution in [3.05, 3.63) is 18.0 Å². The summed E-state index contributed by atoms with van der Waals surface area (Å²) >= 11 is 0. The standard InChI is InChI=1S/C9H14N2/c1-2-8-4-6-11-9(7-8)3-5-10-11/h3,5,8H,2,4,6-7H2,1H3. The summed E-state index contributed by atoms with van der Waals surface area (Å²) in [5.41, 5.74) is 1.42. The van der Waals surface area contributed by atoms with Gasteiger partial charge in [-0.1, -0.05) is 13.3 Å². The van der Waals surface area contributed by atoms with Crippen molar-refractivity contribution in [3.8, 4) is 0 Å². The van der Waals surface area contributed by atoms with Crippen LogP contribution in [0.2, 0.25) is 0 Å². The van der Waals surface area contributed by atoms with Gasteiger partial charge in [0.1, 0.15) is 0 Å². The topological polar surface area (TPSA) is 17.8 Å². The van der Waals surface area contributed by atoms with Gasteiger partial charge in [0.05, 0.1) is 0 Å². The molecule has 0 amide bonds. The van der Waals surface area contributed by atoms with E-state index in [1.165, 1.54) is 25.0 Å². The van der Waals surface area contributed by atoms with Crippen LogP contribution in [0.25, 0.3) is 0 Å². The van der Waals surface area contributed by atoms with E-state index in [2.05, 4.69) is 22.8 Å². The summed E-state index contributed by atoms with van der Waals surface area (Å²) < 4.78 is 2.13. The molecular formula is C9H14N2. The Morgan fingerprint density at radius 2 is 2.64 bits per heavy atom. The first-order chi connectivity index (χ1) is 5.40. The van der Waals surface area contributed by atoms with Gasteiger partial charge < -0.3 is 0 Å². The molecule has 1 aromatic rings. The highest BCUT2D eigenvalue weighted by Gasteiger charge is 2.16. The Kier molecular flexibility index (Phi) is 1.68. The van der Waals surface area contributed by atoms with Gasteiger partial charge in [-0.05, 0) is 24.8 Å². The average Bonchev–Trinajstić information content (AvgIpc) is 2.50. The lowest BCUT2D eigenvalue weighted by molar-refractivity contribution is 0.359. The molecule has 2 rings (SSSR count). The Hall–Kier alpha value is -0.790. The minimum atomic E-state index is 0.902. The molecule has 0 spiro atoms. The van der Waals surface area contributed by atoms with Crippen molar-refractivity contribution >= 4 is 0 Å². The minimum absolute atomic E-state index is 0.902. The van der Waals surface area contributed by atoms with E-state index in [0.717, 1.165) is 12.5 Å². The molecule has 0 saturated carbocycles. The summed E-state index contributed by atoms with van der Waals surface area (Å²) in [5.74, 6) is 0.902. The zero-order valence-electron chi connectivity index (χ0n) is 6.95. The second kappa shape index (κ2) is 2.68. The van der Waals surface area contributed by atoms with Gasteiger partial charge in [0.25, 0.3) is 0 Å². The monoisotopic (exact) mass is 150 g/mol. The van der Waals surface area contributed by atoms with Crippen LogP contribution in [0.5, 0.6) is 0 Å². The first-order valence-electron chi connectivity index (χ1n) is 4.41. The molecule has 11 heavy (non-hydrogen) atoms. The number of aryl methyl sites for hydroxylation is 1. The molecule has 60 valence electrons. The summed E-state index contributed by atoms with van der Waals surface area (Å²) in [4.78, 5) is 0. The van der Waals surface area contributed by atoms with E-state index in [-0.39, 0.29) is 0 Å². The fourth-order valence-electron chi connectivity index (χ4n) is 1.79. The van der Waals surface area contributed by atoms with Gasteiger partial charge in [-0.3, -0.25) is 4.68 Å². The van der Waals surface area contributed by atoms with Gasteiger partial charge in [-0.15, -0.1) is 0 Å². The largest absolute Gasteiger partial charge is 0.270 e. The van der Waals surface area contributed by atoms with E-state index in [9.17, 15) is 0 Å². The lowest BCUT2D eigenvalue weighted by Crippen LogP contribution is -2.18. The molecule has 2 heterocycles. The van der Waals surface area contributed by atoms with Gasteiger partial charge in [-0.2, -0.15) is 5.10 Å². The fourth-order valence-corrected chi connectivity index (χ4v) is 1.79. The number of hydrogen-bond acceptors (Lipinski definition) is 1. The molecule has 0 fully saturated rings. The predicted molar refractivity (Wildman–Crippen MR) is 44.3 cm³/mol. The van der Waals surface area contributed by atoms with Crippen LogP contribution in [0.4, 0.5) is 0 Å². The SMILES string of the molecule is CCC1CCn2nccc2C1. The normalized spacial score (nSPS) is 23.2. The minimum Gasteiger partial charge on any atom is -0.270 e. The Morgan fingerprint density at radius 3 is 3.45 bits per heavy atom. The molecule has 1 aromatic heterocycles. The van der Waals surface area contributed by atoms with Crippen LogP contribution in [0.15, 0.2) is 12.3 Å². The van der Waals surface area contributed by atoms with Crippen LogP contribution < -0.4 is 0 Å². The van der Waals surface area contributed by atoms with E-state index in [1.807, 2.05) is 6.20 Å². The smallest absolute Gasteiger partial charge is 0.0492 e. The third kappa shape index (κ3) is 1.17. The molecule has 1 unspecified atom stereocenters. The highest BCUT2D eigenvalue weighted by atomic mass is 15.3. The van der Waals surface area contributed by atoms with Crippen LogP contribution >= 0.6 is 0 Å². The molecular weight excluding hydrogens is 136 g/mol. The van der Waals surface area contributed by atoms with Crippen molar-refractivity contribution in [2.45, 2.75) is 32.7 Å². The molecule has 1 aliphatic rings. The summed E-state index contributed by atoms with van der Waals surface area (Å²) in [6, 6.07) is 2.14. The highest BCUT2D eigenvalue weighted by Crippen LogP contribution is 2.21. The Labute approximate surface area is 67.2 Å². The number of nitrogens with zero attached hydrogens (tertiary/aromatic N) is 2. The highest BCUT2D eigenvalue weighted by molar-refractivity contribution is 5.03. The second-order valence-electron chi connectivity index (χ2n) is 3.31. The Morgan fingerprint density at radius 1 is 1.73 bits per heavy atom. The molecule has 2 nitrogen and oxygen atoms in total. The quantitative estimate of drug-likeness (QED) is 0.597. The van der Waals surface area contributed by atoms with Gasteiger partial charge in [-0.25, -0.2) is 0 Å². The van der Waals surface area contributed by atoms with Crippen LogP contribution in [0, 0.1) is 5.92 Å². The third-order valence-electron chi connectivity index (χ3n) is 2.63. The van der Waals surface area contributed by atoms with Crippen molar-refractivity contribution in [3.63, 3.8) is 0 Å². The van der Waals surface area contributed by atoms with Crippen LogP contribution in [-0.4, -0.2) is 9.78 Å². The molecule has 1 aliphatic heterocycles. The zero-order valence-corrected chi connectivity index (χ0v) is 6.95. The number of rotatable bonds is 1. The molecule has 0 bridgehead atoms.